The molecule has 3 heterocycles. The Morgan fingerprint density at radius 2 is 1.17 bits per heavy atom. The first-order valence-corrected chi connectivity index (χ1v) is 10.5. The van der Waals surface area contributed by atoms with Gasteiger partial charge in [-0.05, 0) is 80.5 Å². The third kappa shape index (κ3) is 9.36. The predicted molar refractivity (Wildman–Crippen MR) is 130 cm³/mol. The van der Waals surface area contributed by atoms with E-state index in [1.54, 1.807) is 33.2 Å². The number of aryl methyl sites for hydroxylation is 2. The summed E-state index contributed by atoms with van der Waals surface area (Å²) in [6.45, 7) is 10.8. The van der Waals surface area contributed by atoms with Gasteiger partial charge in [0.1, 0.15) is 0 Å². The Morgan fingerprint density at radius 1 is 0.800 bits per heavy atom. The third-order valence-electron chi connectivity index (χ3n) is 3.71. The lowest BCUT2D eigenvalue weighted by molar-refractivity contribution is 0.294. The molecule has 0 aliphatic carbocycles. The molecule has 0 atom stereocenters. The van der Waals surface area contributed by atoms with Gasteiger partial charge in [-0.2, -0.15) is 0 Å². The van der Waals surface area contributed by atoms with E-state index < -0.39 is 11.6 Å². The van der Waals surface area contributed by atoms with Crippen LogP contribution < -0.4 is 0 Å². The van der Waals surface area contributed by atoms with E-state index in [-0.39, 0.29) is 39.1 Å². The number of rotatable bonds is 0. The standard InChI is InChI=1S/C7H7ClFN.C6H4ClFIN.C3H9B3O3.CH4/c1-4-3-10-7(8)6(9)5(4)2;1-3-2-10-6(7)4(8)5(3)9;1-4-7-5(2)9-6(3)8-4;/h3H,1-2H3;2H,1H3;1-3H3;1H4. The van der Waals surface area contributed by atoms with Crippen molar-refractivity contribution in [2.45, 2.75) is 48.7 Å². The normalized spacial score (nSPS) is 13.0. The fraction of sp³-hybridized carbons (Fsp3) is 0.412. The number of hydrogen-bond acceptors (Lipinski definition) is 5. The van der Waals surface area contributed by atoms with E-state index in [1.165, 1.54) is 0 Å². The molecule has 3 rings (SSSR count). The molecule has 1 aliphatic rings. The predicted octanol–water partition coefficient (Wildman–Crippen LogP) is 6.32. The van der Waals surface area contributed by atoms with Gasteiger partial charge in [-0.25, -0.2) is 18.7 Å². The van der Waals surface area contributed by atoms with Crippen LogP contribution in [0.5, 0.6) is 0 Å². The Bertz CT molecular complexity index is 709. The number of nitrogens with zero attached hydrogens (tertiary/aromatic N) is 2. The molecule has 0 spiro atoms. The van der Waals surface area contributed by atoms with Crippen molar-refractivity contribution in [2.75, 3.05) is 0 Å². The molecule has 0 bridgehead atoms. The summed E-state index contributed by atoms with van der Waals surface area (Å²) in [4.78, 5) is 7.25. The van der Waals surface area contributed by atoms with Crippen LogP contribution in [-0.4, -0.2) is 31.3 Å². The topological polar surface area (TPSA) is 53.5 Å². The van der Waals surface area contributed by atoms with Crippen LogP contribution in [0.3, 0.4) is 0 Å². The monoisotopic (exact) mass is 572 g/mol. The van der Waals surface area contributed by atoms with Crippen LogP contribution in [0.25, 0.3) is 0 Å². The Hall–Kier alpha value is -0.455. The molecule has 0 unspecified atom stereocenters. The Kier molecular flexibility index (Phi) is 13.6. The smallest absolute Gasteiger partial charge is 0.426 e. The van der Waals surface area contributed by atoms with Gasteiger partial charge >= 0.3 is 21.4 Å². The minimum Gasteiger partial charge on any atom is -0.453 e. The molecule has 1 saturated heterocycles. The van der Waals surface area contributed by atoms with Gasteiger partial charge in [0, 0.05) is 12.4 Å². The molecule has 0 saturated carbocycles. The first-order valence-electron chi connectivity index (χ1n) is 8.63. The summed E-state index contributed by atoms with van der Waals surface area (Å²) >= 11 is 12.7. The summed E-state index contributed by atoms with van der Waals surface area (Å²) in [5, 5.41) is -0.113. The van der Waals surface area contributed by atoms with Crippen LogP contribution in [0, 0.1) is 36.0 Å². The summed E-state index contributed by atoms with van der Waals surface area (Å²) in [5.41, 5.74) is 2.20. The molecule has 2 aromatic heterocycles. The van der Waals surface area contributed by atoms with Crippen molar-refractivity contribution in [2.24, 2.45) is 0 Å². The van der Waals surface area contributed by atoms with E-state index in [0.717, 1.165) is 11.1 Å². The Labute approximate surface area is 202 Å². The van der Waals surface area contributed by atoms with Crippen LogP contribution in [0.4, 0.5) is 8.78 Å². The van der Waals surface area contributed by atoms with Gasteiger partial charge in [0.15, 0.2) is 21.9 Å². The van der Waals surface area contributed by atoms with Crippen molar-refractivity contribution in [3.05, 3.63) is 54.6 Å². The van der Waals surface area contributed by atoms with Crippen molar-refractivity contribution in [3.8, 4) is 0 Å². The Balaban J connectivity index is 0.000000414. The molecule has 0 N–H and O–H groups in total. The average Bonchev–Trinajstić information content (AvgIpc) is 2.64. The zero-order valence-corrected chi connectivity index (χ0v) is 20.6. The molecule has 0 aromatic carbocycles. The fourth-order valence-electron chi connectivity index (χ4n) is 2.07. The van der Waals surface area contributed by atoms with Gasteiger partial charge < -0.3 is 13.7 Å². The molecule has 0 amide bonds. The maximum atomic E-state index is 12.8. The van der Waals surface area contributed by atoms with Crippen molar-refractivity contribution in [1.82, 2.24) is 9.97 Å². The second kappa shape index (κ2) is 13.8. The van der Waals surface area contributed by atoms with E-state index in [9.17, 15) is 8.78 Å². The van der Waals surface area contributed by atoms with Gasteiger partial charge in [-0.1, -0.05) is 30.6 Å². The molecule has 1 fully saturated rings. The summed E-state index contributed by atoms with van der Waals surface area (Å²) in [7, 11) is -0.406. The van der Waals surface area contributed by atoms with E-state index in [4.69, 9.17) is 36.9 Å². The second-order valence-electron chi connectivity index (χ2n) is 6.14. The minimum atomic E-state index is -0.428. The second-order valence-corrected chi connectivity index (χ2v) is 7.94. The molecule has 30 heavy (non-hydrogen) atoms. The fourth-order valence-corrected chi connectivity index (χ4v) is 2.96. The van der Waals surface area contributed by atoms with Crippen LogP contribution >= 0.6 is 45.8 Å². The summed E-state index contributed by atoms with van der Waals surface area (Å²) < 4.78 is 41.5. The molecular weight excluding hydrogens is 548 g/mol. The molecule has 2 aromatic rings. The van der Waals surface area contributed by atoms with Gasteiger partial charge in [-0.3, -0.25) is 0 Å². The number of pyridine rings is 2. The lowest BCUT2D eigenvalue weighted by Crippen LogP contribution is -2.44. The summed E-state index contributed by atoms with van der Waals surface area (Å²) in [5.74, 6) is -0.844. The first kappa shape index (κ1) is 29.5. The van der Waals surface area contributed by atoms with Crippen molar-refractivity contribution in [3.63, 3.8) is 0 Å². The average molecular weight is 573 g/mol. The molecule has 1 aliphatic heterocycles. The van der Waals surface area contributed by atoms with Crippen molar-refractivity contribution >= 4 is 67.1 Å². The molecule has 0 radical (unpaired) electrons. The van der Waals surface area contributed by atoms with Gasteiger partial charge in [-0.15, -0.1) is 0 Å². The van der Waals surface area contributed by atoms with Gasteiger partial charge in [0.05, 0.1) is 3.57 Å². The maximum Gasteiger partial charge on any atom is 0.426 e. The highest BCUT2D eigenvalue weighted by molar-refractivity contribution is 14.1. The summed E-state index contributed by atoms with van der Waals surface area (Å²) in [6, 6.07) is 0. The van der Waals surface area contributed by atoms with E-state index >= 15 is 0 Å². The Morgan fingerprint density at radius 3 is 1.53 bits per heavy atom. The molecule has 5 nitrogen and oxygen atoms in total. The number of hydrogen-bond donors (Lipinski definition) is 0. The summed E-state index contributed by atoms with van der Waals surface area (Å²) in [6.07, 6.45) is 3.11. The van der Waals surface area contributed by atoms with Crippen LogP contribution in [-0.2, 0) is 13.7 Å². The van der Waals surface area contributed by atoms with E-state index in [2.05, 4.69) is 9.97 Å². The van der Waals surface area contributed by atoms with Crippen molar-refractivity contribution < 1.29 is 22.5 Å². The van der Waals surface area contributed by atoms with Crippen LogP contribution in [0.1, 0.15) is 24.1 Å². The quantitative estimate of drug-likeness (QED) is 0.210. The first-order chi connectivity index (χ1) is 13.4. The SMILES string of the molecule is C.CB1OB(C)OB(C)O1.Cc1cnc(Cl)c(F)c1C.Cc1cnc(Cl)c(F)c1I. The van der Waals surface area contributed by atoms with E-state index in [0.29, 0.717) is 9.13 Å². The van der Waals surface area contributed by atoms with Gasteiger partial charge in [0.2, 0.25) is 0 Å². The highest BCUT2D eigenvalue weighted by Crippen LogP contribution is 2.20. The lowest BCUT2D eigenvalue weighted by Gasteiger charge is -2.25. The highest BCUT2D eigenvalue weighted by atomic mass is 127. The third-order valence-corrected chi connectivity index (χ3v) is 5.57. The van der Waals surface area contributed by atoms with Crippen molar-refractivity contribution in [1.29, 1.82) is 0 Å². The van der Waals surface area contributed by atoms with E-state index in [1.807, 2.05) is 43.1 Å². The molecule has 164 valence electrons. The largest absolute Gasteiger partial charge is 0.453 e. The number of aromatic nitrogens is 2. The maximum absolute atomic E-state index is 12.8. The molecule has 13 heteroatoms. The lowest BCUT2D eigenvalue weighted by atomic mass is 9.74. The zero-order chi connectivity index (χ0) is 22.3. The minimum absolute atomic E-state index is 0. The van der Waals surface area contributed by atoms with Gasteiger partial charge in [0.25, 0.3) is 0 Å². The molecular formula is C17H24B3Cl2F2IN2O3. The number of halogens is 5. The highest BCUT2D eigenvalue weighted by Gasteiger charge is 2.31. The zero-order valence-electron chi connectivity index (χ0n) is 16.9. The van der Waals surface area contributed by atoms with Crippen LogP contribution in [0.15, 0.2) is 12.4 Å². The van der Waals surface area contributed by atoms with Crippen LogP contribution in [0.2, 0.25) is 30.8 Å².